The third kappa shape index (κ3) is 4.73. The summed E-state index contributed by atoms with van der Waals surface area (Å²) in [4.78, 5) is 0. The lowest BCUT2D eigenvalue weighted by atomic mass is 10.3. The van der Waals surface area contributed by atoms with Gasteiger partial charge >= 0.3 is 0 Å². The highest BCUT2D eigenvalue weighted by atomic mass is 127. The van der Waals surface area contributed by atoms with Crippen molar-refractivity contribution in [1.82, 2.24) is 0 Å². The molecule has 0 spiro atoms. The largest absolute Gasteiger partial charge is 0.0815 e. The monoisotopic (exact) mass is 197 g/mol. The topological polar surface area (TPSA) is 0 Å². The van der Waals surface area contributed by atoms with E-state index in [1.165, 1.54) is 19.3 Å². The first-order chi connectivity index (χ1) is 2.91. The van der Waals surface area contributed by atoms with E-state index < -0.39 is 0 Å². The van der Waals surface area contributed by atoms with Crippen LogP contribution >= 0.6 is 22.6 Å². The van der Waals surface area contributed by atoms with Crippen molar-refractivity contribution >= 4 is 22.6 Å². The highest BCUT2D eigenvalue weighted by molar-refractivity contribution is 14.1. The Morgan fingerprint density at radius 1 is 1.67 bits per heavy atom. The van der Waals surface area contributed by atoms with Crippen molar-refractivity contribution in [2.24, 2.45) is 0 Å². The van der Waals surface area contributed by atoms with Crippen LogP contribution in [0.5, 0.6) is 0 Å². The molecule has 0 aromatic rings. The first-order valence-corrected chi connectivity index (χ1v) is 3.58. The molecule has 0 unspecified atom stereocenters. The van der Waals surface area contributed by atoms with Gasteiger partial charge in [-0.25, -0.2) is 0 Å². The van der Waals surface area contributed by atoms with Crippen LogP contribution in [0, 0.1) is 4.43 Å². The molecule has 0 saturated carbocycles. The summed E-state index contributed by atoms with van der Waals surface area (Å²) in [5.41, 5.74) is 0. The van der Waals surface area contributed by atoms with Crippen LogP contribution < -0.4 is 0 Å². The third-order valence-electron chi connectivity index (χ3n) is 0.667. The van der Waals surface area contributed by atoms with E-state index in [1.807, 2.05) is 0 Å². The standard InChI is InChI=1S/C5H10I/c1-2-3-4-5-6/h5H,2-4H2,1H3. The van der Waals surface area contributed by atoms with Gasteiger partial charge in [-0.15, -0.1) is 0 Å². The number of halogens is 1. The normalized spacial score (nSPS) is 9.00. The summed E-state index contributed by atoms with van der Waals surface area (Å²) in [6.45, 7) is 2.21. The van der Waals surface area contributed by atoms with E-state index in [1.54, 1.807) is 0 Å². The Labute approximate surface area is 53.5 Å². The van der Waals surface area contributed by atoms with Gasteiger partial charge in [-0.3, -0.25) is 0 Å². The Bertz CT molecular complexity index is 15.9. The molecule has 0 saturated heterocycles. The van der Waals surface area contributed by atoms with Crippen LogP contribution in [0.3, 0.4) is 0 Å². The summed E-state index contributed by atoms with van der Waals surface area (Å²) in [5, 5.41) is 0. The van der Waals surface area contributed by atoms with E-state index in [0.29, 0.717) is 0 Å². The van der Waals surface area contributed by atoms with Crippen LogP contribution in [0.2, 0.25) is 0 Å². The minimum Gasteiger partial charge on any atom is -0.0815 e. The molecule has 0 N–H and O–H groups in total. The maximum atomic E-state index is 2.29. The van der Waals surface area contributed by atoms with Gasteiger partial charge in [0.2, 0.25) is 0 Å². The molecule has 1 radical (unpaired) electrons. The molecule has 0 aromatic heterocycles. The average Bonchev–Trinajstić information content (AvgIpc) is 1.61. The van der Waals surface area contributed by atoms with Gasteiger partial charge in [0.25, 0.3) is 0 Å². The number of unbranched alkanes of at least 4 members (excludes halogenated alkanes) is 2. The molecule has 0 aliphatic rings. The van der Waals surface area contributed by atoms with Gasteiger partial charge in [0.15, 0.2) is 0 Å². The summed E-state index contributed by atoms with van der Waals surface area (Å²) in [6, 6.07) is 0. The van der Waals surface area contributed by atoms with E-state index in [0.717, 1.165) is 0 Å². The van der Waals surface area contributed by atoms with Gasteiger partial charge in [-0.2, -0.15) is 0 Å². The van der Waals surface area contributed by atoms with Crippen molar-refractivity contribution in [3.05, 3.63) is 4.43 Å². The SMILES string of the molecule is CCCC[CH]I. The van der Waals surface area contributed by atoms with Gasteiger partial charge in [-0.05, 0) is 6.42 Å². The Balaban J connectivity index is 2.34. The summed E-state index contributed by atoms with van der Waals surface area (Å²) >= 11 is 2.29. The summed E-state index contributed by atoms with van der Waals surface area (Å²) in [5.74, 6) is 0. The molecule has 37 valence electrons. The predicted octanol–water partition coefficient (Wildman–Crippen LogP) is 2.77. The van der Waals surface area contributed by atoms with Crippen LogP contribution in [-0.4, -0.2) is 0 Å². The van der Waals surface area contributed by atoms with Crippen molar-refractivity contribution in [3.63, 3.8) is 0 Å². The minimum atomic E-state index is 1.27. The molecular formula is C5H10I. The fraction of sp³-hybridized carbons (Fsp3) is 0.800. The molecule has 0 bridgehead atoms. The number of rotatable bonds is 3. The summed E-state index contributed by atoms with van der Waals surface area (Å²) in [7, 11) is 0. The van der Waals surface area contributed by atoms with Crippen LogP contribution in [0.15, 0.2) is 0 Å². The van der Waals surface area contributed by atoms with Crippen LogP contribution in [0.4, 0.5) is 0 Å². The summed E-state index contributed by atoms with van der Waals surface area (Å²) < 4.78 is 2.18. The van der Waals surface area contributed by atoms with Crippen LogP contribution in [0.1, 0.15) is 26.2 Å². The molecule has 1 heteroatoms. The molecule has 0 atom stereocenters. The molecule has 6 heavy (non-hydrogen) atoms. The predicted molar refractivity (Wildman–Crippen MR) is 37.8 cm³/mol. The first kappa shape index (κ1) is 6.73. The number of hydrogen-bond acceptors (Lipinski definition) is 0. The fourth-order valence-corrected chi connectivity index (χ4v) is 0.722. The zero-order valence-corrected chi connectivity index (χ0v) is 6.23. The van der Waals surface area contributed by atoms with Gasteiger partial charge < -0.3 is 0 Å². The van der Waals surface area contributed by atoms with Crippen molar-refractivity contribution in [3.8, 4) is 0 Å². The number of hydrogen-bond donors (Lipinski definition) is 0. The Morgan fingerprint density at radius 3 is 2.50 bits per heavy atom. The summed E-state index contributed by atoms with van der Waals surface area (Å²) in [6.07, 6.45) is 3.94. The zero-order valence-electron chi connectivity index (χ0n) is 4.08. The quantitative estimate of drug-likeness (QED) is 0.482. The van der Waals surface area contributed by atoms with Crippen molar-refractivity contribution in [2.45, 2.75) is 26.2 Å². The molecule has 0 rings (SSSR count). The molecule has 0 nitrogen and oxygen atoms in total. The van der Waals surface area contributed by atoms with E-state index in [4.69, 9.17) is 0 Å². The van der Waals surface area contributed by atoms with Gasteiger partial charge in [0.05, 0.1) is 0 Å². The van der Waals surface area contributed by atoms with Crippen LogP contribution in [0.25, 0.3) is 0 Å². The second-order valence-electron chi connectivity index (χ2n) is 1.30. The van der Waals surface area contributed by atoms with Crippen molar-refractivity contribution in [2.75, 3.05) is 0 Å². The van der Waals surface area contributed by atoms with Gasteiger partial charge in [0.1, 0.15) is 0 Å². The molecule has 0 aliphatic heterocycles. The molecule has 0 heterocycles. The van der Waals surface area contributed by atoms with E-state index in [2.05, 4.69) is 33.9 Å². The molecule has 0 fully saturated rings. The van der Waals surface area contributed by atoms with E-state index in [-0.39, 0.29) is 0 Å². The smallest absolute Gasteiger partial charge is 0.0227 e. The van der Waals surface area contributed by atoms with Crippen LogP contribution in [-0.2, 0) is 0 Å². The fourth-order valence-electron chi connectivity index (χ4n) is 0.281. The lowest BCUT2D eigenvalue weighted by Crippen LogP contribution is -1.64. The van der Waals surface area contributed by atoms with Gasteiger partial charge in [0, 0.05) is 4.43 Å². The highest BCUT2D eigenvalue weighted by Gasteiger charge is 1.77. The van der Waals surface area contributed by atoms with E-state index in [9.17, 15) is 0 Å². The molecule has 0 amide bonds. The third-order valence-corrected chi connectivity index (χ3v) is 1.29. The van der Waals surface area contributed by atoms with Gasteiger partial charge in [-0.1, -0.05) is 42.4 Å². The maximum absolute atomic E-state index is 2.29. The first-order valence-electron chi connectivity index (χ1n) is 2.33. The maximum Gasteiger partial charge on any atom is 0.0227 e. The second kappa shape index (κ2) is 5.73. The lowest BCUT2D eigenvalue weighted by molar-refractivity contribution is 0.810. The second-order valence-corrected chi connectivity index (χ2v) is 2.18. The molecule has 0 aliphatic carbocycles. The van der Waals surface area contributed by atoms with Crippen molar-refractivity contribution < 1.29 is 0 Å². The Morgan fingerprint density at radius 2 is 2.33 bits per heavy atom. The lowest BCUT2D eigenvalue weighted by Gasteiger charge is -1.84. The molecular weight excluding hydrogens is 187 g/mol. The molecule has 0 aromatic carbocycles. The van der Waals surface area contributed by atoms with E-state index >= 15 is 0 Å². The van der Waals surface area contributed by atoms with Crippen molar-refractivity contribution in [1.29, 1.82) is 0 Å². The highest BCUT2D eigenvalue weighted by Crippen LogP contribution is 2.01. The zero-order chi connectivity index (χ0) is 4.83. The Kier molecular flexibility index (Phi) is 6.43. The average molecular weight is 197 g/mol. The minimum absolute atomic E-state index is 1.27. The Hall–Kier alpha value is 0.730.